The van der Waals surface area contributed by atoms with Crippen LogP contribution in [0.1, 0.15) is 46.5 Å². The van der Waals surface area contributed by atoms with Crippen molar-refractivity contribution in [2.45, 2.75) is 52.6 Å². The summed E-state index contributed by atoms with van der Waals surface area (Å²) in [5, 5.41) is 2.76. The van der Waals surface area contributed by atoms with E-state index < -0.39 is 30.2 Å². The summed E-state index contributed by atoms with van der Waals surface area (Å²) in [5.41, 5.74) is 0.572. The Bertz CT molecular complexity index is 751. The van der Waals surface area contributed by atoms with E-state index in [1.807, 2.05) is 0 Å². The summed E-state index contributed by atoms with van der Waals surface area (Å²) in [6.45, 7) is 12.6. The highest BCUT2D eigenvalue weighted by Gasteiger charge is 2.25. The molecule has 1 aliphatic rings. The number of carbonyl (C=O) groups is 4. The molecule has 1 N–H and O–H groups in total. The molecule has 10 nitrogen and oxygen atoms in total. The molecule has 34 heavy (non-hydrogen) atoms. The van der Waals surface area contributed by atoms with Gasteiger partial charge in [-0.3, -0.25) is 0 Å². The van der Waals surface area contributed by atoms with E-state index in [1.54, 1.807) is 27.8 Å². The van der Waals surface area contributed by atoms with Crippen LogP contribution in [0.4, 0.5) is 9.59 Å². The fourth-order valence-electron chi connectivity index (χ4n) is 3.50. The molecule has 2 amide bonds. The van der Waals surface area contributed by atoms with Crippen LogP contribution in [0.3, 0.4) is 0 Å². The predicted molar refractivity (Wildman–Crippen MR) is 125 cm³/mol. The lowest BCUT2D eigenvalue weighted by molar-refractivity contribution is -0.145. The van der Waals surface area contributed by atoms with Gasteiger partial charge in [-0.2, -0.15) is 0 Å². The molecule has 0 saturated heterocycles. The van der Waals surface area contributed by atoms with Gasteiger partial charge in [-0.1, -0.05) is 19.6 Å². The Hall–Kier alpha value is -3.04. The SMILES string of the molecule is C=C(C)C(=O)OCCOC(=O)N(C)CC1CCCC(CNC(=O)OCC(C)OC(=O)C(=C)C)C1. The van der Waals surface area contributed by atoms with Crippen molar-refractivity contribution in [1.29, 1.82) is 0 Å². The smallest absolute Gasteiger partial charge is 0.409 e. The van der Waals surface area contributed by atoms with Gasteiger partial charge in [0.15, 0.2) is 0 Å². The van der Waals surface area contributed by atoms with Crippen molar-refractivity contribution in [3.63, 3.8) is 0 Å². The van der Waals surface area contributed by atoms with Gasteiger partial charge in [0.25, 0.3) is 0 Å². The highest BCUT2D eigenvalue weighted by molar-refractivity contribution is 5.87. The van der Waals surface area contributed by atoms with Gasteiger partial charge in [0, 0.05) is 31.3 Å². The molecule has 0 aromatic carbocycles. The second-order valence-electron chi connectivity index (χ2n) is 8.79. The molecule has 10 heteroatoms. The number of carbonyl (C=O) groups excluding carboxylic acids is 4. The predicted octanol–water partition coefficient (Wildman–Crippen LogP) is 3.21. The first-order chi connectivity index (χ1) is 16.0. The summed E-state index contributed by atoms with van der Waals surface area (Å²) in [6.07, 6.45) is 2.22. The maximum Gasteiger partial charge on any atom is 0.409 e. The van der Waals surface area contributed by atoms with Crippen LogP contribution in [0.5, 0.6) is 0 Å². The minimum absolute atomic E-state index is 0.0202. The molecule has 0 heterocycles. The first-order valence-electron chi connectivity index (χ1n) is 11.5. The van der Waals surface area contributed by atoms with Crippen LogP contribution in [-0.2, 0) is 28.5 Å². The van der Waals surface area contributed by atoms with Gasteiger partial charge in [0.2, 0.25) is 0 Å². The average molecular weight is 483 g/mol. The first-order valence-corrected chi connectivity index (χ1v) is 11.5. The molecule has 1 saturated carbocycles. The largest absolute Gasteiger partial charge is 0.459 e. The van der Waals surface area contributed by atoms with Crippen molar-refractivity contribution in [3.05, 3.63) is 24.3 Å². The molecule has 0 spiro atoms. The zero-order valence-corrected chi connectivity index (χ0v) is 20.7. The Morgan fingerprint density at radius 3 is 2.24 bits per heavy atom. The third-order valence-corrected chi connectivity index (χ3v) is 5.27. The van der Waals surface area contributed by atoms with E-state index in [1.165, 1.54) is 4.90 Å². The van der Waals surface area contributed by atoms with E-state index in [9.17, 15) is 19.2 Å². The zero-order valence-electron chi connectivity index (χ0n) is 20.7. The van der Waals surface area contributed by atoms with Gasteiger partial charge < -0.3 is 29.2 Å². The number of hydrogen-bond donors (Lipinski definition) is 1. The summed E-state index contributed by atoms with van der Waals surface area (Å²) < 4.78 is 20.2. The Balaban J connectivity index is 2.27. The van der Waals surface area contributed by atoms with Crippen molar-refractivity contribution in [1.82, 2.24) is 10.2 Å². The first kappa shape index (κ1) is 29.0. The molecule has 0 aliphatic heterocycles. The van der Waals surface area contributed by atoms with Crippen molar-refractivity contribution in [2.75, 3.05) is 40.0 Å². The van der Waals surface area contributed by atoms with Gasteiger partial charge in [-0.25, -0.2) is 19.2 Å². The van der Waals surface area contributed by atoms with E-state index in [4.69, 9.17) is 18.9 Å². The fourth-order valence-corrected chi connectivity index (χ4v) is 3.50. The van der Waals surface area contributed by atoms with Crippen LogP contribution >= 0.6 is 0 Å². The van der Waals surface area contributed by atoms with Gasteiger partial charge >= 0.3 is 24.1 Å². The summed E-state index contributed by atoms with van der Waals surface area (Å²) in [5.74, 6) is -0.478. The zero-order chi connectivity index (χ0) is 25.7. The molecule has 1 fully saturated rings. The third kappa shape index (κ3) is 11.7. The number of nitrogens with one attached hydrogen (secondary N) is 1. The summed E-state index contributed by atoms with van der Waals surface area (Å²) in [4.78, 5) is 48.4. The normalized spacial score (nSPS) is 18.1. The number of alkyl carbamates (subject to hydrolysis) is 1. The average Bonchev–Trinajstić information content (AvgIpc) is 2.78. The molecule has 0 aromatic rings. The Kier molecular flexibility index (Phi) is 12.8. The van der Waals surface area contributed by atoms with Crippen LogP contribution < -0.4 is 5.32 Å². The van der Waals surface area contributed by atoms with Crippen molar-refractivity contribution in [2.24, 2.45) is 11.8 Å². The Labute approximate surface area is 201 Å². The minimum atomic E-state index is -0.567. The van der Waals surface area contributed by atoms with E-state index in [2.05, 4.69) is 18.5 Å². The standard InChI is InChI=1S/C24H38N2O8/c1-16(2)21(27)31-10-11-32-24(30)26(6)14-20-9-7-8-19(12-20)13-25-23(29)33-15-18(5)34-22(28)17(3)4/h18-20H,1,3,7-15H2,2,4-6H3,(H,25,29). The highest BCUT2D eigenvalue weighted by Crippen LogP contribution is 2.29. The van der Waals surface area contributed by atoms with E-state index in [-0.39, 0.29) is 42.8 Å². The molecular formula is C24H38N2O8. The van der Waals surface area contributed by atoms with Gasteiger partial charge in [-0.05, 0) is 51.9 Å². The van der Waals surface area contributed by atoms with E-state index in [0.29, 0.717) is 13.1 Å². The van der Waals surface area contributed by atoms with Gasteiger partial charge in [0.1, 0.15) is 25.9 Å². The van der Waals surface area contributed by atoms with Crippen molar-refractivity contribution >= 4 is 24.1 Å². The second kappa shape index (κ2) is 15.0. The van der Waals surface area contributed by atoms with Crippen LogP contribution in [-0.4, -0.2) is 75.1 Å². The Morgan fingerprint density at radius 1 is 0.971 bits per heavy atom. The van der Waals surface area contributed by atoms with Gasteiger partial charge in [0.05, 0.1) is 0 Å². The number of hydrogen-bond acceptors (Lipinski definition) is 8. The maximum absolute atomic E-state index is 12.2. The lowest BCUT2D eigenvalue weighted by atomic mass is 9.81. The Morgan fingerprint density at radius 2 is 1.59 bits per heavy atom. The van der Waals surface area contributed by atoms with Crippen LogP contribution in [0, 0.1) is 11.8 Å². The number of rotatable bonds is 12. The lowest BCUT2D eigenvalue weighted by Crippen LogP contribution is -2.37. The molecule has 0 aromatic heterocycles. The maximum atomic E-state index is 12.2. The lowest BCUT2D eigenvalue weighted by Gasteiger charge is -2.31. The highest BCUT2D eigenvalue weighted by atomic mass is 16.6. The molecule has 192 valence electrons. The molecule has 0 radical (unpaired) electrons. The fraction of sp³-hybridized carbons (Fsp3) is 0.667. The number of ether oxygens (including phenoxy) is 4. The molecule has 1 rings (SSSR count). The summed E-state index contributed by atoms with van der Waals surface area (Å²) in [7, 11) is 1.67. The topological polar surface area (TPSA) is 120 Å². The summed E-state index contributed by atoms with van der Waals surface area (Å²) >= 11 is 0. The molecule has 1 aliphatic carbocycles. The summed E-state index contributed by atoms with van der Waals surface area (Å²) in [6, 6.07) is 0. The van der Waals surface area contributed by atoms with Crippen LogP contribution in [0.25, 0.3) is 0 Å². The molecular weight excluding hydrogens is 444 g/mol. The minimum Gasteiger partial charge on any atom is -0.459 e. The van der Waals surface area contributed by atoms with Crippen molar-refractivity contribution in [3.8, 4) is 0 Å². The second-order valence-corrected chi connectivity index (χ2v) is 8.79. The van der Waals surface area contributed by atoms with E-state index >= 15 is 0 Å². The monoisotopic (exact) mass is 482 g/mol. The number of nitrogens with zero attached hydrogens (tertiary/aromatic N) is 1. The molecule has 3 unspecified atom stereocenters. The van der Waals surface area contributed by atoms with Crippen LogP contribution in [0.15, 0.2) is 24.3 Å². The van der Waals surface area contributed by atoms with Gasteiger partial charge in [-0.15, -0.1) is 0 Å². The number of esters is 2. The molecule has 3 atom stereocenters. The van der Waals surface area contributed by atoms with E-state index in [0.717, 1.165) is 25.7 Å². The van der Waals surface area contributed by atoms with Crippen LogP contribution in [0.2, 0.25) is 0 Å². The number of amides is 2. The van der Waals surface area contributed by atoms with Crippen molar-refractivity contribution < 1.29 is 38.1 Å². The molecule has 0 bridgehead atoms. The third-order valence-electron chi connectivity index (χ3n) is 5.27. The quantitative estimate of drug-likeness (QED) is 0.195.